The Morgan fingerprint density at radius 3 is 2.90 bits per heavy atom. The molecule has 6 heteroatoms. The Balaban J connectivity index is 2.00. The fourth-order valence-corrected chi connectivity index (χ4v) is 2.11. The van der Waals surface area contributed by atoms with Crippen molar-refractivity contribution >= 4 is 11.9 Å². The van der Waals surface area contributed by atoms with Crippen molar-refractivity contribution < 1.29 is 24.5 Å². The monoisotopic (exact) mass is 279 g/mol. The third-order valence-electron chi connectivity index (χ3n) is 3.23. The van der Waals surface area contributed by atoms with E-state index in [2.05, 4.69) is 5.32 Å². The number of carbonyl (C=O) groups is 2. The summed E-state index contributed by atoms with van der Waals surface area (Å²) >= 11 is 0. The number of hydrogen-bond donors (Lipinski definition) is 3. The molecule has 1 aromatic rings. The Bertz CT molecular complexity index is 528. The standard InChI is InChI=1S/C14H17NO5/c1-8(16)15-5-4-12(17)13(18)9-2-3-11-10(6-9)7-20-14(11)19/h2-3,6,12-13,17-18H,4-5,7H2,1H3,(H,15,16). The number of aliphatic hydroxyl groups excluding tert-OH is 2. The van der Waals surface area contributed by atoms with E-state index in [1.807, 2.05) is 0 Å². The minimum atomic E-state index is -1.07. The zero-order valence-electron chi connectivity index (χ0n) is 11.1. The highest BCUT2D eigenvalue weighted by Crippen LogP contribution is 2.26. The van der Waals surface area contributed by atoms with Crippen LogP contribution in [0, 0.1) is 0 Å². The second-order valence-corrected chi connectivity index (χ2v) is 4.78. The van der Waals surface area contributed by atoms with Crippen molar-refractivity contribution in [1.82, 2.24) is 5.32 Å². The minimum absolute atomic E-state index is 0.181. The van der Waals surface area contributed by atoms with Gasteiger partial charge in [-0.1, -0.05) is 6.07 Å². The summed E-state index contributed by atoms with van der Waals surface area (Å²) < 4.78 is 4.88. The molecule has 20 heavy (non-hydrogen) atoms. The van der Waals surface area contributed by atoms with Crippen molar-refractivity contribution in [3.05, 3.63) is 34.9 Å². The summed E-state index contributed by atoms with van der Waals surface area (Å²) in [6.07, 6.45) is -1.81. The number of hydrogen-bond acceptors (Lipinski definition) is 5. The van der Waals surface area contributed by atoms with Gasteiger partial charge in [-0.15, -0.1) is 0 Å². The lowest BCUT2D eigenvalue weighted by molar-refractivity contribution is -0.119. The van der Waals surface area contributed by atoms with E-state index in [1.54, 1.807) is 18.2 Å². The first-order chi connectivity index (χ1) is 9.49. The molecule has 0 aliphatic carbocycles. The van der Waals surface area contributed by atoms with Crippen molar-refractivity contribution in [2.75, 3.05) is 6.54 Å². The van der Waals surface area contributed by atoms with Gasteiger partial charge in [0.15, 0.2) is 0 Å². The fourth-order valence-electron chi connectivity index (χ4n) is 2.11. The molecular formula is C14H17NO5. The fraction of sp³-hybridized carbons (Fsp3) is 0.429. The van der Waals surface area contributed by atoms with Crippen LogP contribution in [0.2, 0.25) is 0 Å². The number of benzene rings is 1. The van der Waals surface area contributed by atoms with Gasteiger partial charge in [0, 0.05) is 19.0 Å². The molecule has 3 N–H and O–H groups in total. The largest absolute Gasteiger partial charge is 0.457 e. The van der Waals surface area contributed by atoms with E-state index in [4.69, 9.17) is 4.74 Å². The average Bonchev–Trinajstić information content (AvgIpc) is 2.78. The summed E-state index contributed by atoms with van der Waals surface area (Å²) in [6, 6.07) is 4.84. The molecule has 1 amide bonds. The molecule has 108 valence electrons. The van der Waals surface area contributed by atoms with Crippen LogP contribution >= 0.6 is 0 Å². The molecule has 2 atom stereocenters. The lowest BCUT2D eigenvalue weighted by Crippen LogP contribution is -2.27. The number of cyclic esters (lactones) is 1. The number of esters is 1. The minimum Gasteiger partial charge on any atom is -0.457 e. The van der Waals surface area contributed by atoms with Crippen LogP contribution in [-0.4, -0.2) is 34.7 Å². The zero-order chi connectivity index (χ0) is 14.7. The second-order valence-electron chi connectivity index (χ2n) is 4.78. The summed E-state index contributed by atoms with van der Waals surface area (Å²) in [5.41, 5.74) is 1.73. The highest BCUT2D eigenvalue weighted by atomic mass is 16.5. The van der Waals surface area contributed by atoms with E-state index < -0.39 is 12.2 Å². The van der Waals surface area contributed by atoms with E-state index in [-0.39, 0.29) is 24.9 Å². The van der Waals surface area contributed by atoms with E-state index in [1.165, 1.54) is 6.92 Å². The molecular weight excluding hydrogens is 262 g/mol. The van der Waals surface area contributed by atoms with Crippen LogP contribution in [0.1, 0.15) is 40.9 Å². The van der Waals surface area contributed by atoms with E-state index in [0.717, 1.165) is 0 Å². The predicted octanol–water partition coefficient (Wildman–Crippen LogP) is 0.277. The SMILES string of the molecule is CC(=O)NCCC(O)C(O)c1ccc2c(c1)COC2=O. The third-order valence-corrected chi connectivity index (χ3v) is 3.23. The van der Waals surface area contributed by atoms with Crippen molar-refractivity contribution in [2.24, 2.45) is 0 Å². The van der Waals surface area contributed by atoms with Crippen LogP contribution in [0.15, 0.2) is 18.2 Å². The number of fused-ring (bicyclic) bond motifs is 1. The molecule has 2 unspecified atom stereocenters. The van der Waals surface area contributed by atoms with Crippen LogP contribution in [0.4, 0.5) is 0 Å². The maximum atomic E-state index is 11.3. The zero-order valence-corrected chi connectivity index (χ0v) is 11.1. The lowest BCUT2D eigenvalue weighted by Gasteiger charge is -2.18. The molecule has 1 heterocycles. The molecule has 1 aliphatic rings. The van der Waals surface area contributed by atoms with Gasteiger partial charge in [-0.25, -0.2) is 4.79 Å². The first kappa shape index (κ1) is 14.5. The average molecular weight is 279 g/mol. The smallest absolute Gasteiger partial charge is 0.338 e. The number of amides is 1. The predicted molar refractivity (Wildman–Crippen MR) is 69.8 cm³/mol. The summed E-state index contributed by atoms with van der Waals surface area (Å²) in [4.78, 5) is 22.0. The van der Waals surface area contributed by atoms with Gasteiger partial charge in [0.25, 0.3) is 0 Å². The van der Waals surface area contributed by atoms with Gasteiger partial charge in [0.05, 0.1) is 11.7 Å². The highest BCUT2D eigenvalue weighted by molar-refractivity contribution is 5.93. The Morgan fingerprint density at radius 2 is 2.20 bits per heavy atom. The second kappa shape index (κ2) is 6.02. The van der Waals surface area contributed by atoms with Gasteiger partial charge in [-0.05, 0) is 24.1 Å². The molecule has 0 fully saturated rings. The Labute approximate surface area is 116 Å². The van der Waals surface area contributed by atoms with Gasteiger partial charge in [0.2, 0.25) is 5.91 Å². The van der Waals surface area contributed by atoms with Crippen molar-refractivity contribution in [2.45, 2.75) is 32.2 Å². The summed E-state index contributed by atoms with van der Waals surface area (Å²) in [7, 11) is 0. The molecule has 1 aromatic carbocycles. The van der Waals surface area contributed by atoms with Gasteiger partial charge in [-0.2, -0.15) is 0 Å². The Morgan fingerprint density at radius 1 is 1.45 bits per heavy atom. The first-order valence-corrected chi connectivity index (χ1v) is 6.39. The Kier molecular flexibility index (Phi) is 4.36. The topological polar surface area (TPSA) is 95.9 Å². The molecule has 0 saturated heterocycles. The number of nitrogens with one attached hydrogen (secondary N) is 1. The summed E-state index contributed by atoms with van der Waals surface area (Å²) in [5, 5.41) is 22.5. The number of rotatable bonds is 5. The van der Waals surface area contributed by atoms with Crippen molar-refractivity contribution in [3.8, 4) is 0 Å². The van der Waals surface area contributed by atoms with Crippen LogP contribution in [0.3, 0.4) is 0 Å². The maximum absolute atomic E-state index is 11.3. The normalized spacial score (nSPS) is 16.2. The van der Waals surface area contributed by atoms with Gasteiger partial charge in [0.1, 0.15) is 12.7 Å². The molecule has 0 bridgehead atoms. The third kappa shape index (κ3) is 3.15. The van der Waals surface area contributed by atoms with Crippen LogP contribution in [-0.2, 0) is 16.1 Å². The molecule has 1 aliphatic heterocycles. The van der Waals surface area contributed by atoms with Crippen molar-refractivity contribution in [3.63, 3.8) is 0 Å². The van der Waals surface area contributed by atoms with E-state index in [9.17, 15) is 19.8 Å². The van der Waals surface area contributed by atoms with Gasteiger partial charge >= 0.3 is 5.97 Å². The van der Waals surface area contributed by atoms with Crippen LogP contribution in [0.5, 0.6) is 0 Å². The number of ether oxygens (including phenoxy) is 1. The summed E-state index contributed by atoms with van der Waals surface area (Å²) in [6.45, 7) is 1.87. The van der Waals surface area contributed by atoms with Crippen LogP contribution in [0.25, 0.3) is 0 Å². The lowest BCUT2D eigenvalue weighted by atomic mass is 9.98. The first-order valence-electron chi connectivity index (χ1n) is 6.39. The molecule has 2 rings (SSSR count). The molecule has 0 saturated carbocycles. The molecule has 6 nitrogen and oxygen atoms in total. The van der Waals surface area contributed by atoms with Crippen molar-refractivity contribution in [1.29, 1.82) is 0 Å². The Hall–Kier alpha value is -1.92. The number of aliphatic hydroxyl groups is 2. The molecule has 0 aromatic heterocycles. The molecule has 0 radical (unpaired) electrons. The van der Waals surface area contributed by atoms with Crippen LogP contribution < -0.4 is 5.32 Å². The maximum Gasteiger partial charge on any atom is 0.338 e. The quantitative estimate of drug-likeness (QED) is 0.673. The number of carbonyl (C=O) groups excluding carboxylic acids is 2. The highest BCUT2D eigenvalue weighted by Gasteiger charge is 2.24. The summed E-state index contributed by atoms with van der Waals surface area (Å²) in [5.74, 6) is -0.549. The van der Waals surface area contributed by atoms with Gasteiger partial charge in [-0.3, -0.25) is 4.79 Å². The van der Waals surface area contributed by atoms with E-state index in [0.29, 0.717) is 23.2 Å². The van der Waals surface area contributed by atoms with Gasteiger partial charge < -0.3 is 20.3 Å². The molecule has 0 spiro atoms. The van der Waals surface area contributed by atoms with E-state index >= 15 is 0 Å².